The van der Waals surface area contributed by atoms with Gasteiger partial charge in [0.1, 0.15) is 6.04 Å². The van der Waals surface area contributed by atoms with Crippen molar-refractivity contribution in [1.29, 1.82) is 0 Å². The van der Waals surface area contributed by atoms with E-state index in [2.05, 4.69) is 5.32 Å². The molecule has 0 aliphatic rings. The topological polar surface area (TPSA) is 82.5 Å². The molecule has 1 heterocycles. The number of anilines is 1. The van der Waals surface area contributed by atoms with Crippen LogP contribution >= 0.6 is 22.9 Å². The first-order valence-electron chi connectivity index (χ1n) is 11.0. The number of nitrogens with one attached hydrogen (secondary N) is 1. The summed E-state index contributed by atoms with van der Waals surface area (Å²) < 4.78 is 0. The number of halogens is 1. The van der Waals surface area contributed by atoms with E-state index >= 15 is 0 Å². The van der Waals surface area contributed by atoms with Crippen LogP contribution in [0.1, 0.15) is 21.5 Å². The number of nitrogens with zero attached hydrogens (tertiary/aromatic N) is 2. The van der Waals surface area contributed by atoms with Crippen LogP contribution in [0.15, 0.2) is 84.2 Å². The average Bonchev–Trinajstić information content (AvgIpc) is 3.36. The van der Waals surface area contributed by atoms with E-state index in [1.165, 1.54) is 0 Å². The zero-order chi connectivity index (χ0) is 24.8. The number of hydrogen-bond acceptors (Lipinski definition) is 5. The maximum absolute atomic E-state index is 12.7. The molecule has 0 bridgehead atoms. The molecular weight excluding hydrogens is 482 g/mol. The van der Waals surface area contributed by atoms with Crippen LogP contribution in [0.4, 0.5) is 5.13 Å². The second kappa shape index (κ2) is 11.2. The summed E-state index contributed by atoms with van der Waals surface area (Å²) in [7, 11) is 1.96. The Kier molecular flexibility index (Phi) is 7.80. The first kappa shape index (κ1) is 24.4. The molecule has 1 amide bonds. The Hall–Kier alpha value is -3.68. The Morgan fingerprint density at radius 2 is 1.69 bits per heavy atom. The standard InChI is InChI=1S/C27H24ClN3O3S/c1-31(27-30-24(17-35-27)20-11-13-22(28)14-12-20)16-19-7-9-21(10-8-19)25(32)29-23(26(33)34)15-18-5-3-2-4-6-18/h2-14,17,23H,15-16H2,1H3,(H,29,32)(H,33,34). The predicted octanol–water partition coefficient (Wildman–Crippen LogP) is 5.53. The smallest absolute Gasteiger partial charge is 0.326 e. The van der Waals surface area contributed by atoms with Gasteiger partial charge in [-0.25, -0.2) is 9.78 Å². The second-order valence-corrected chi connectivity index (χ2v) is 9.40. The molecule has 0 saturated heterocycles. The fourth-order valence-electron chi connectivity index (χ4n) is 3.59. The molecule has 0 fully saturated rings. The van der Waals surface area contributed by atoms with Gasteiger partial charge in [0.2, 0.25) is 0 Å². The van der Waals surface area contributed by atoms with E-state index in [4.69, 9.17) is 16.6 Å². The summed E-state index contributed by atoms with van der Waals surface area (Å²) >= 11 is 7.53. The van der Waals surface area contributed by atoms with Gasteiger partial charge in [-0.2, -0.15) is 0 Å². The molecule has 3 aromatic carbocycles. The Morgan fingerprint density at radius 3 is 2.34 bits per heavy atom. The van der Waals surface area contributed by atoms with E-state index in [-0.39, 0.29) is 6.42 Å². The minimum atomic E-state index is -1.07. The van der Waals surface area contributed by atoms with Crippen LogP contribution in [-0.4, -0.2) is 35.1 Å². The number of thiazole rings is 1. The molecule has 8 heteroatoms. The number of hydrogen-bond donors (Lipinski definition) is 2. The van der Waals surface area contributed by atoms with Gasteiger partial charge < -0.3 is 15.3 Å². The van der Waals surface area contributed by atoms with Crippen molar-refractivity contribution in [1.82, 2.24) is 10.3 Å². The zero-order valence-corrected chi connectivity index (χ0v) is 20.6. The van der Waals surface area contributed by atoms with Gasteiger partial charge in [-0.05, 0) is 35.4 Å². The molecule has 6 nitrogen and oxygen atoms in total. The maximum atomic E-state index is 12.7. The molecule has 1 unspecified atom stereocenters. The first-order chi connectivity index (χ1) is 16.9. The molecule has 0 aliphatic carbocycles. The maximum Gasteiger partial charge on any atom is 0.326 e. The number of amides is 1. The molecule has 0 spiro atoms. The van der Waals surface area contributed by atoms with Gasteiger partial charge in [0.25, 0.3) is 5.91 Å². The van der Waals surface area contributed by atoms with Crippen molar-refractivity contribution < 1.29 is 14.7 Å². The van der Waals surface area contributed by atoms with Crippen molar-refractivity contribution in [3.05, 3.63) is 106 Å². The highest BCUT2D eigenvalue weighted by Crippen LogP contribution is 2.28. The van der Waals surface area contributed by atoms with E-state index in [9.17, 15) is 14.7 Å². The summed E-state index contributed by atoms with van der Waals surface area (Å²) in [5, 5.41) is 15.7. The van der Waals surface area contributed by atoms with Crippen LogP contribution in [0, 0.1) is 0 Å². The summed E-state index contributed by atoms with van der Waals surface area (Å²) in [4.78, 5) is 31.1. The van der Waals surface area contributed by atoms with Crippen molar-refractivity contribution in [3.8, 4) is 11.3 Å². The van der Waals surface area contributed by atoms with Gasteiger partial charge in [0.15, 0.2) is 5.13 Å². The van der Waals surface area contributed by atoms with E-state index < -0.39 is 17.9 Å². The lowest BCUT2D eigenvalue weighted by Gasteiger charge is -2.17. The lowest BCUT2D eigenvalue weighted by atomic mass is 10.1. The predicted molar refractivity (Wildman–Crippen MR) is 140 cm³/mol. The summed E-state index contributed by atoms with van der Waals surface area (Å²) in [5.74, 6) is -1.48. The summed E-state index contributed by atoms with van der Waals surface area (Å²) in [6.07, 6.45) is 0.219. The Labute approximate surface area is 212 Å². The molecule has 4 aromatic rings. The van der Waals surface area contributed by atoms with Gasteiger partial charge in [-0.3, -0.25) is 4.79 Å². The highest BCUT2D eigenvalue weighted by molar-refractivity contribution is 7.14. The third-order valence-electron chi connectivity index (χ3n) is 5.48. The Bertz CT molecular complexity index is 1290. The van der Waals surface area contributed by atoms with E-state index in [0.717, 1.165) is 27.5 Å². The van der Waals surface area contributed by atoms with Gasteiger partial charge in [0, 0.05) is 41.5 Å². The molecule has 1 atom stereocenters. The number of carbonyl (C=O) groups is 2. The molecule has 4 rings (SSSR count). The molecule has 0 radical (unpaired) electrons. The molecule has 178 valence electrons. The van der Waals surface area contributed by atoms with Gasteiger partial charge in [-0.15, -0.1) is 11.3 Å². The molecular formula is C27H24ClN3O3S. The number of carbonyl (C=O) groups excluding carboxylic acids is 1. The summed E-state index contributed by atoms with van der Waals surface area (Å²) in [5.41, 5.74) is 4.16. The zero-order valence-electron chi connectivity index (χ0n) is 19.0. The lowest BCUT2D eigenvalue weighted by molar-refractivity contribution is -0.139. The van der Waals surface area contributed by atoms with Crippen LogP contribution in [0.25, 0.3) is 11.3 Å². The number of aliphatic carboxylic acids is 1. The minimum Gasteiger partial charge on any atom is -0.480 e. The molecule has 0 aliphatic heterocycles. The summed E-state index contributed by atoms with van der Waals surface area (Å²) in [6.45, 7) is 0.612. The normalized spacial score (nSPS) is 11.6. The van der Waals surface area contributed by atoms with Gasteiger partial charge in [-0.1, -0.05) is 66.2 Å². The van der Waals surface area contributed by atoms with Crippen molar-refractivity contribution in [2.75, 3.05) is 11.9 Å². The molecule has 35 heavy (non-hydrogen) atoms. The second-order valence-electron chi connectivity index (χ2n) is 8.13. The average molecular weight is 506 g/mol. The first-order valence-corrected chi connectivity index (χ1v) is 12.2. The van der Waals surface area contributed by atoms with Crippen LogP contribution in [-0.2, 0) is 17.8 Å². The highest BCUT2D eigenvalue weighted by atomic mass is 35.5. The van der Waals surface area contributed by atoms with E-state index in [1.54, 1.807) is 23.5 Å². The minimum absolute atomic E-state index is 0.219. The number of carboxylic acids is 1. The fourth-order valence-corrected chi connectivity index (χ4v) is 4.51. The van der Waals surface area contributed by atoms with E-state index in [0.29, 0.717) is 17.1 Å². The number of aromatic nitrogens is 1. The third kappa shape index (κ3) is 6.47. The molecule has 2 N–H and O–H groups in total. The van der Waals surface area contributed by atoms with E-state index in [1.807, 2.05) is 84.1 Å². The fraction of sp³-hybridized carbons (Fsp3) is 0.148. The monoisotopic (exact) mass is 505 g/mol. The van der Waals surface area contributed by atoms with Gasteiger partial charge >= 0.3 is 5.97 Å². The van der Waals surface area contributed by atoms with Crippen molar-refractivity contribution in [3.63, 3.8) is 0 Å². The van der Waals surface area contributed by atoms with Crippen LogP contribution in [0.5, 0.6) is 0 Å². The number of rotatable bonds is 9. The largest absolute Gasteiger partial charge is 0.480 e. The molecule has 1 aromatic heterocycles. The third-order valence-corrected chi connectivity index (χ3v) is 6.69. The van der Waals surface area contributed by atoms with Crippen molar-refractivity contribution in [2.24, 2.45) is 0 Å². The van der Waals surface area contributed by atoms with Crippen molar-refractivity contribution in [2.45, 2.75) is 19.0 Å². The number of carboxylic acid groups (broad SMARTS) is 1. The highest BCUT2D eigenvalue weighted by Gasteiger charge is 2.21. The SMILES string of the molecule is CN(Cc1ccc(C(=O)NC(Cc2ccccc2)C(=O)O)cc1)c1nc(-c2ccc(Cl)cc2)cs1. The molecule has 0 saturated carbocycles. The van der Waals surface area contributed by atoms with Crippen LogP contribution < -0.4 is 10.2 Å². The van der Waals surface area contributed by atoms with Crippen molar-refractivity contribution >= 4 is 39.9 Å². The van der Waals surface area contributed by atoms with Gasteiger partial charge in [0.05, 0.1) is 5.69 Å². The Balaban J connectivity index is 1.37. The van der Waals surface area contributed by atoms with Crippen LogP contribution in [0.3, 0.4) is 0 Å². The summed E-state index contributed by atoms with van der Waals surface area (Å²) in [6, 6.07) is 23.0. The van der Waals surface area contributed by atoms with Crippen LogP contribution in [0.2, 0.25) is 5.02 Å². The number of benzene rings is 3. The quantitative estimate of drug-likeness (QED) is 0.313. The Morgan fingerprint density at radius 1 is 1.00 bits per heavy atom. The lowest BCUT2D eigenvalue weighted by Crippen LogP contribution is -2.42.